The molecule has 1 aromatic carbocycles. The van der Waals surface area contributed by atoms with Gasteiger partial charge < -0.3 is 4.42 Å². The molecule has 7 heteroatoms. The smallest absolute Gasteiger partial charge is 0.271 e. The van der Waals surface area contributed by atoms with Crippen molar-refractivity contribution in [2.45, 2.75) is 18.9 Å². The van der Waals surface area contributed by atoms with Gasteiger partial charge >= 0.3 is 0 Å². The van der Waals surface area contributed by atoms with E-state index in [2.05, 4.69) is 51.6 Å². The highest BCUT2D eigenvalue weighted by Gasteiger charge is 2.32. The molecule has 0 saturated heterocycles. The normalized spacial score (nSPS) is 18.0. The maximum atomic E-state index is 13.5. The number of benzene rings is 1. The van der Waals surface area contributed by atoms with E-state index in [-0.39, 0.29) is 11.6 Å². The van der Waals surface area contributed by atoms with Crippen molar-refractivity contribution < 1.29 is 4.42 Å². The lowest BCUT2D eigenvalue weighted by Crippen LogP contribution is -2.38. The number of rotatable bonds is 2. The molecule has 1 unspecified atom stereocenters. The summed E-state index contributed by atoms with van der Waals surface area (Å²) < 4.78 is 8.74. The van der Waals surface area contributed by atoms with Crippen LogP contribution in [0.2, 0.25) is 0 Å². The summed E-state index contributed by atoms with van der Waals surface area (Å²) in [6.07, 6.45) is 3.68. The molecule has 0 N–H and O–H groups in total. The summed E-state index contributed by atoms with van der Waals surface area (Å²) in [5.41, 5.74) is 4.76. The molecule has 4 nitrogen and oxygen atoms in total. The fraction of sp³-hybridized carbons (Fsp3) is 0.130. The molecule has 148 valence electrons. The molecule has 6 rings (SSSR count). The zero-order valence-corrected chi connectivity index (χ0v) is 18.9. The monoisotopic (exact) mass is 494 g/mol. The Hall–Kier alpha value is -2.48. The summed E-state index contributed by atoms with van der Waals surface area (Å²) in [5, 5.41) is 2.07. The van der Waals surface area contributed by atoms with Crippen LogP contribution in [0, 0.1) is 0 Å². The predicted octanol–water partition coefficient (Wildman–Crippen LogP) is 4.74. The summed E-state index contributed by atoms with van der Waals surface area (Å²) in [7, 11) is 0. The minimum absolute atomic E-state index is 0.0184. The van der Waals surface area contributed by atoms with Crippen molar-refractivity contribution in [3.63, 3.8) is 0 Å². The molecule has 0 saturated carbocycles. The van der Waals surface area contributed by atoms with Crippen molar-refractivity contribution in [1.29, 1.82) is 0 Å². The Balaban J connectivity index is 1.64. The van der Waals surface area contributed by atoms with Crippen LogP contribution in [-0.2, 0) is 6.42 Å². The van der Waals surface area contributed by atoms with Crippen LogP contribution < -0.4 is 14.9 Å². The van der Waals surface area contributed by atoms with Crippen LogP contribution in [0.15, 0.2) is 78.4 Å². The Kier molecular flexibility index (Phi) is 4.30. The Morgan fingerprint density at radius 1 is 1.13 bits per heavy atom. The number of hydrogen-bond acceptors (Lipinski definition) is 5. The van der Waals surface area contributed by atoms with Crippen LogP contribution in [0.25, 0.3) is 11.8 Å². The van der Waals surface area contributed by atoms with Gasteiger partial charge in [0.2, 0.25) is 0 Å². The first-order valence-corrected chi connectivity index (χ1v) is 12.1. The summed E-state index contributed by atoms with van der Waals surface area (Å²) in [6.45, 7) is 0. The minimum atomic E-state index is -0.102. The van der Waals surface area contributed by atoms with Crippen LogP contribution >= 0.6 is 38.6 Å². The maximum Gasteiger partial charge on any atom is 0.271 e. The zero-order valence-electron chi connectivity index (χ0n) is 15.7. The van der Waals surface area contributed by atoms with Gasteiger partial charge in [0.05, 0.1) is 16.3 Å². The van der Waals surface area contributed by atoms with E-state index in [4.69, 9.17) is 9.41 Å². The number of allylic oxidation sites excluding steroid dienone is 1. The second-order valence-corrected chi connectivity index (χ2v) is 10.0. The highest BCUT2D eigenvalue weighted by molar-refractivity contribution is 9.10. The summed E-state index contributed by atoms with van der Waals surface area (Å²) in [5.74, 6) is 0.647. The first-order chi connectivity index (χ1) is 14.7. The summed E-state index contributed by atoms with van der Waals surface area (Å²) in [4.78, 5) is 20.4. The Morgan fingerprint density at radius 2 is 2.03 bits per heavy atom. The quantitative estimate of drug-likeness (QED) is 0.404. The molecule has 1 aliphatic heterocycles. The van der Waals surface area contributed by atoms with E-state index in [1.807, 2.05) is 22.8 Å². The van der Waals surface area contributed by atoms with Gasteiger partial charge in [0.15, 0.2) is 9.47 Å². The van der Waals surface area contributed by atoms with Crippen molar-refractivity contribution >= 4 is 50.4 Å². The number of halogens is 1. The number of hydrogen-bond donors (Lipinski definition) is 0. The summed E-state index contributed by atoms with van der Waals surface area (Å²) in [6, 6.07) is 16.2. The standard InChI is InChI=1S/C23H15BrN2O2S2/c24-19-10-8-14(28-19)12-18-22(27)26-21(17-6-3-11-29-17)16-9-7-13-4-1-2-5-15(13)20(16)25-23(26)30-18/h1-6,8,10-12,21H,7,9H2. The molecule has 3 aromatic heterocycles. The van der Waals surface area contributed by atoms with Crippen molar-refractivity contribution in [3.05, 3.63) is 106 Å². The van der Waals surface area contributed by atoms with Gasteiger partial charge in [-0.2, -0.15) is 0 Å². The molecular weight excluding hydrogens is 480 g/mol. The number of aryl methyl sites for hydroxylation is 1. The van der Waals surface area contributed by atoms with Gasteiger partial charge in [0.25, 0.3) is 5.56 Å². The Labute approximate surface area is 188 Å². The highest BCUT2D eigenvalue weighted by atomic mass is 79.9. The third kappa shape index (κ3) is 2.84. The van der Waals surface area contributed by atoms with Crippen molar-refractivity contribution in [2.75, 3.05) is 0 Å². The van der Waals surface area contributed by atoms with Gasteiger partial charge in [-0.3, -0.25) is 9.36 Å². The zero-order chi connectivity index (χ0) is 20.2. The lowest BCUT2D eigenvalue weighted by Gasteiger charge is -2.30. The Morgan fingerprint density at radius 3 is 2.83 bits per heavy atom. The van der Waals surface area contributed by atoms with Gasteiger partial charge in [-0.05, 0) is 63.5 Å². The van der Waals surface area contributed by atoms with E-state index in [0.29, 0.717) is 15.0 Å². The molecule has 2 aliphatic rings. The SMILES string of the molecule is O=c1c(=Cc2ccc(Br)o2)sc2n1C(c1cccs1)C1=C(N=2)c2ccccc2CC1. The number of aromatic nitrogens is 1. The van der Waals surface area contributed by atoms with E-state index in [0.717, 1.165) is 23.3 Å². The Bertz CT molecular complexity index is 1490. The molecule has 0 bridgehead atoms. The number of thiazole rings is 1. The average Bonchev–Trinajstić information content (AvgIpc) is 3.49. The minimum Gasteiger partial charge on any atom is -0.450 e. The molecule has 0 spiro atoms. The molecule has 1 aliphatic carbocycles. The lowest BCUT2D eigenvalue weighted by molar-refractivity contribution is 0.531. The molecule has 0 fully saturated rings. The third-order valence-electron chi connectivity index (χ3n) is 5.55. The molecule has 30 heavy (non-hydrogen) atoms. The van der Waals surface area contributed by atoms with Crippen molar-refractivity contribution in [1.82, 2.24) is 4.57 Å². The van der Waals surface area contributed by atoms with Crippen LogP contribution in [0.5, 0.6) is 0 Å². The third-order valence-corrected chi connectivity index (χ3v) is 7.89. The van der Waals surface area contributed by atoms with Gasteiger partial charge in [0, 0.05) is 16.5 Å². The molecule has 1 atom stereocenters. The summed E-state index contributed by atoms with van der Waals surface area (Å²) >= 11 is 6.43. The van der Waals surface area contributed by atoms with Gasteiger partial charge in [-0.1, -0.05) is 41.7 Å². The highest BCUT2D eigenvalue weighted by Crippen LogP contribution is 2.42. The molecule has 0 radical (unpaired) electrons. The van der Waals surface area contributed by atoms with Crippen LogP contribution in [0.3, 0.4) is 0 Å². The van der Waals surface area contributed by atoms with Crippen LogP contribution in [-0.4, -0.2) is 4.57 Å². The van der Waals surface area contributed by atoms with E-state index in [9.17, 15) is 4.79 Å². The van der Waals surface area contributed by atoms with E-state index in [1.165, 1.54) is 32.9 Å². The van der Waals surface area contributed by atoms with Crippen LogP contribution in [0.4, 0.5) is 0 Å². The second-order valence-electron chi connectivity index (χ2n) is 7.27. The van der Waals surface area contributed by atoms with E-state index < -0.39 is 0 Å². The van der Waals surface area contributed by atoms with Gasteiger partial charge in [0.1, 0.15) is 5.76 Å². The fourth-order valence-corrected chi connectivity index (χ4v) is 6.40. The van der Waals surface area contributed by atoms with Crippen molar-refractivity contribution in [2.24, 2.45) is 4.99 Å². The van der Waals surface area contributed by atoms with Gasteiger partial charge in [-0.15, -0.1) is 11.3 Å². The fourth-order valence-electron chi connectivity index (χ4n) is 4.25. The topological polar surface area (TPSA) is 47.5 Å². The van der Waals surface area contributed by atoms with Gasteiger partial charge in [-0.25, -0.2) is 4.99 Å². The average molecular weight is 495 g/mol. The number of thiophene rings is 1. The lowest BCUT2D eigenvalue weighted by atomic mass is 9.85. The van der Waals surface area contributed by atoms with Crippen molar-refractivity contribution in [3.8, 4) is 0 Å². The first-order valence-electron chi connectivity index (χ1n) is 9.61. The van der Waals surface area contributed by atoms with E-state index >= 15 is 0 Å². The van der Waals surface area contributed by atoms with Crippen LogP contribution in [0.1, 0.15) is 34.2 Å². The molecule has 0 amide bonds. The largest absolute Gasteiger partial charge is 0.450 e. The van der Waals surface area contributed by atoms with E-state index in [1.54, 1.807) is 17.4 Å². The second kappa shape index (κ2) is 7.04. The maximum absolute atomic E-state index is 13.5. The number of fused-ring (bicyclic) bond motifs is 3. The number of nitrogens with zero attached hydrogens (tertiary/aromatic N) is 2. The molecule has 4 aromatic rings. The predicted molar refractivity (Wildman–Crippen MR) is 123 cm³/mol. The molecule has 4 heterocycles. The number of furan rings is 1. The first kappa shape index (κ1) is 18.3. The molecular formula is C23H15BrN2O2S2.